The van der Waals surface area contributed by atoms with Crippen LogP contribution < -0.4 is 0 Å². The molecule has 0 rings (SSSR count). The Kier molecular flexibility index (Phi) is 7.15. The molecule has 0 aliphatic heterocycles. The maximum atomic E-state index is 5.52. The maximum Gasteiger partial charge on any atom is 0.293 e. The lowest BCUT2D eigenvalue weighted by Gasteiger charge is -2.09. The minimum Gasteiger partial charge on any atom is -0.436 e. The van der Waals surface area contributed by atoms with Crippen LogP contribution in [0.4, 0.5) is 0 Å². The summed E-state index contributed by atoms with van der Waals surface area (Å²) in [6.45, 7) is 7.88. The monoisotopic (exact) mass is 142 g/mol. The summed E-state index contributed by atoms with van der Waals surface area (Å²) in [5.74, 6) is 0. The van der Waals surface area contributed by atoms with E-state index in [4.69, 9.17) is 4.65 Å². The Morgan fingerprint density at radius 1 is 1.00 bits per heavy atom. The van der Waals surface area contributed by atoms with Gasteiger partial charge in [-0.25, -0.2) is 0 Å². The van der Waals surface area contributed by atoms with Gasteiger partial charge in [-0.1, -0.05) is 26.7 Å². The second kappa shape index (κ2) is 7.14. The molecule has 0 unspecified atom stereocenters. The second-order valence-corrected chi connectivity index (χ2v) is 2.65. The van der Waals surface area contributed by atoms with E-state index in [1.165, 1.54) is 25.5 Å². The largest absolute Gasteiger partial charge is 0.436 e. The van der Waals surface area contributed by atoms with Crippen molar-refractivity contribution in [2.45, 2.75) is 46.3 Å². The first-order chi connectivity index (χ1) is 4.85. The van der Waals surface area contributed by atoms with E-state index in [0.29, 0.717) is 6.92 Å². The van der Waals surface area contributed by atoms with Crippen LogP contribution in [0.25, 0.3) is 0 Å². The fraction of sp³-hybridized carbons (Fsp3) is 1.00. The molecule has 0 saturated heterocycles. The quantitative estimate of drug-likeness (QED) is 0.518. The van der Waals surface area contributed by atoms with E-state index in [0.717, 1.165) is 6.61 Å². The van der Waals surface area contributed by atoms with E-state index >= 15 is 0 Å². The van der Waals surface area contributed by atoms with Crippen LogP contribution in [0.1, 0.15) is 33.6 Å². The number of hydrogen-bond donors (Lipinski definition) is 0. The molecule has 10 heavy (non-hydrogen) atoms. The van der Waals surface area contributed by atoms with E-state index in [2.05, 4.69) is 20.8 Å². The first-order valence-corrected chi connectivity index (χ1v) is 4.46. The minimum atomic E-state index is 0.528. The fourth-order valence-corrected chi connectivity index (χ4v) is 1.19. The van der Waals surface area contributed by atoms with Crippen molar-refractivity contribution in [2.75, 3.05) is 6.61 Å². The van der Waals surface area contributed by atoms with Crippen molar-refractivity contribution in [1.29, 1.82) is 0 Å². The van der Waals surface area contributed by atoms with Crippen molar-refractivity contribution in [2.24, 2.45) is 0 Å². The van der Waals surface area contributed by atoms with Gasteiger partial charge in [0.1, 0.15) is 0 Å². The van der Waals surface area contributed by atoms with Gasteiger partial charge in [0.2, 0.25) is 0 Å². The van der Waals surface area contributed by atoms with E-state index in [9.17, 15) is 0 Å². The molecule has 0 aromatic heterocycles. The summed E-state index contributed by atoms with van der Waals surface area (Å²) in [7, 11) is 0. The summed E-state index contributed by atoms with van der Waals surface area (Å²) in [6, 6.07) is 0. The van der Waals surface area contributed by atoms with Gasteiger partial charge < -0.3 is 4.65 Å². The molecule has 60 valence electrons. The van der Waals surface area contributed by atoms with Crippen LogP contribution >= 0.6 is 0 Å². The van der Waals surface area contributed by atoms with Gasteiger partial charge in [-0.15, -0.1) is 0 Å². The van der Waals surface area contributed by atoms with E-state index in [1.54, 1.807) is 0 Å². The Bertz CT molecular complexity index is 52.0. The standard InChI is InChI=1S/C8H19BO/c1-4-7-9(8-5-2)10-6-3/h4-8H2,1-3H3. The lowest BCUT2D eigenvalue weighted by molar-refractivity contribution is 0.340. The molecule has 0 radical (unpaired) electrons. The van der Waals surface area contributed by atoms with Crippen LogP contribution in [0, 0.1) is 0 Å². The van der Waals surface area contributed by atoms with Crippen molar-refractivity contribution < 1.29 is 4.65 Å². The summed E-state index contributed by atoms with van der Waals surface area (Å²) in [5.41, 5.74) is 0. The summed E-state index contributed by atoms with van der Waals surface area (Å²) < 4.78 is 5.52. The third-order valence-corrected chi connectivity index (χ3v) is 1.62. The van der Waals surface area contributed by atoms with Crippen LogP contribution in [0.2, 0.25) is 12.6 Å². The van der Waals surface area contributed by atoms with E-state index in [-0.39, 0.29) is 0 Å². The Labute approximate surface area is 65.3 Å². The highest BCUT2D eigenvalue weighted by Gasteiger charge is 2.10. The lowest BCUT2D eigenvalue weighted by atomic mass is 9.60. The fourth-order valence-electron chi connectivity index (χ4n) is 1.19. The molecule has 0 aliphatic rings. The molecule has 0 spiro atoms. The van der Waals surface area contributed by atoms with Crippen molar-refractivity contribution >= 4 is 6.92 Å². The van der Waals surface area contributed by atoms with Gasteiger partial charge >= 0.3 is 0 Å². The molecule has 0 bridgehead atoms. The molecular formula is C8H19BO. The SMILES string of the molecule is CCCB(CCC)OCC. The minimum absolute atomic E-state index is 0.528. The normalized spacial score (nSPS) is 9.90. The molecule has 0 saturated carbocycles. The lowest BCUT2D eigenvalue weighted by Crippen LogP contribution is -2.16. The molecule has 0 heterocycles. The van der Waals surface area contributed by atoms with Gasteiger partial charge in [-0.3, -0.25) is 0 Å². The van der Waals surface area contributed by atoms with Gasteiger partial charge in [0.25, 0.3) is 6.92 Å². The maximum absolute atomic E-state index is 5.52. The highest BCUT2D eigenvalue weighted by molar-refractivity contribution is 6.51. The average Bonchev–Trinajstić information content (AvgIpc) is 1.90. The molecule has 0 atom stereocenters. The molecule has 0 fully saturated rings. The van der Waals surface area contributed by atoms with Crippen LogP contribution in [0.3, 0.4) is 0 Å². The highest BCUT2D eigenvalue weighted by atomic mass is 16.4. The predicted octanol–water partition coefficient (Wildman–Crippen LogP) is 2.83. The molecule has 2 heteroatoms. The highest BCUT2D eigenvalue weighted by Crippen LogP contribution is 2.06. The summed E-state index contributed by atoms with van der Waals surface area (Å²) in [6.07, 6.45) is 4.93. The molecule has 0 aromatic rings. The zero-order valence-corrected chi connectivity index (χ0v) is 7.52. The van der Waals surface area contributed by atoms with E-state index < -0.39 is 0 Å². The van der Waals surface area contributed by atoms with Crippen molar-refractivity contribution in [3.63, 3.8) is 0 Å². The van der Waals surface area contributed by atoms with Crippen LogP contribution in [0.5, 0.6) is 0 Å². The third-order valence-electron chi connectivity index (χ3n) is 1.62. The Balaban J connectivity index is 3.30. The molecule has 0 aromatic carbocycles. The molecular weight excluding hydrogens is 123 g/mol. The topological polar surface area (TPSA) is 9.23 Å². The second-order valence-electron chi connectivity index (χ2n) is 2.65. The predicted molar refractivity (Wildman–Crippen MR) is 47.6 cm³/mol. The van der Waals surface area contributed by atoms with Crippen LogP contribution in [-0.2, 0) is 4.65 Å². The van der Waals surface area contributed by atoms with Gasteiger partial charge in [0.15, 0.2) is 0 Å². The summed E-state index contributed by atoms with van der Waals surface area (Å²) in [5, 5.41) is 0. The first kappa shape index (κ1) is 10.0. The third kappa shape index (κ3) is 4.86. The molecule has 0 aliphatic carbocycles. The zero-order valence-electron chi connectivity index (χ0n) is 7.52. The van der Waals surface area contributed by atoms with Gasteiger partial charge in [-0.2, -0.15) is 0 Å². The smallest absolute Gasteiger partial charge is 0.293 e. The van der Waals surface area contributed by atoms with Gasteiger partial charge in [0, 0.05) is 6.61 Å². The van der Waals surface area contributed by atoms with Crippen molar-refractivity contribution in [3.05, 3.63) is 0 Å². The Morgan fingerprint density at radius 3 is 1.80 bits per heavy atom. The summed E-state index contributed by atoms with van der Waals surface area (Å²) >= 11 is 0. The van der Waals surface area contributed by atoms with Crippen LogP contribution in [0.15, 0.2) is 0 Å². The van der Waals surface area contributed by atoms with Crippen molar-refractivity contribution in [3.8, 4) is 0 Å². The average molecular weight is 142 g/mol. The van der Waals surface area contributed by atoms with Crippen molar-refractivity contribution in [1.82, 2.24) is 0 Å². The summed E-state index contributed by atoms with van der Waals surface area (Å²) in [4.78, 5) is 0. The van der Waals surface area contributed by atoms with Crippen LogP contribution in [-0.4, -0.2) is 13.5 Å². The van der Waals surface area contributed by atoms with Gasteiger partial charge in [-0.05, 0) is 19.6 Å². The number of hydrogen-bond acceptors (Lipinski definition) is 1. The molecule has 0 amide bonds. The van der Waals surface area contributed by atoms with E-state index in [1.807, 2.05) is 0 Å². The van der Waals surface area contributed by atoms with Gasteiger partial charge in [0.05, 0.1) is 0 Å². The molecule has 0 N–H and O–H groups in total. The first-order valence-electron chi connectivity index (χ1n) is 4.46. The number of rotatable bonds is 6. The Morgan fingerprint density at radius 2 is 1.50 bits per heavy atom. The Hall–Kier alpha value is 0.0249. The molecule has 1 nitrogen and oxygen atoms in total. The zero-order chi connectivity index (χ0) is 7.82.